The average Bonchev–Trinajstić information content (AvgIpc) is 3.08. The van der Waals surface area contributed by atoms with Gasteiger partial charge in [0, 0.05) is 32.7 Å². The zero-order valence-corrected chi connectivity index (χ0v) is 16.2. The smallest absolute Gasteiger partial charge is 0.237 e. The molecule has 0 aliphatic carbocycles. The van der Waals surface area contributed by atoms with Crippen molar-refractivity contribution in [3.63, 3.8) is 0 Å². The molecule has 4 N–H and O–H groups in total. The number of nitrogens with one attached hydrogen (secondary N) is 2. The molecule has 0 saturated carbocycles. The zero-order valence-electron chi connectivity index (χ0n) is 16.2. The number of H-pyrrole nitrogens is 1. The number of hydrogen-bond acceptors (Lipinski definition) is 5. The predicted molar refractivity (Wildman–Crippen MR) is 109 cm³/mol. The van der Waals surface area contributed by atoms with E-state index in [0.717, 1.165) is 40.1 Å². The minimum atomic E-state index is -0.586. The fraction of sp³-hybridized carbons (Fsp3) is 0.333. The number of hydrogen-bond donors (Lipinski definition) is 3. The Kier molecular flexibility index (Phi) is 6.62. The van der Waals surface area contributed by atoms with Crippen LogP contribution < -0.4 is 15.8 Å². The Hall–Kier alpha value is -2.90. The number of nitrogens with two attached hydrogens (primary N) is 1. The first-order valence-corrected chi connectivity index (χ1v) is 9.30. The van der Waals surface area contributed by atoms with Crippen LogP contribution in [-0.4, -0.2) is 42.2 Å². The molecule has 0 bridgehead atoms. The summed E-state index contributed by atoms with van der Waals surface area (Å²) >= 11 is 0. The summed E-state index contributed by atoms with van der Waals surface area (Å²) in [7, 11) is 1.64. The third kappa shape index (κ3) is 4.88. The van der Waals surface area contributed by atoms with Crippen LogP contribution in [0.2, 0.25) is 0 Å². The van der Waals surface area contributed by atoms with E-state index in [1.54, 1.807) is 13.3 Å². The average molecular weight is 382 g/mol. The number of fused-ring (bicyclic) bond motifs is 1. The van der Waals surface area contributed by atoms with Crippen molar-refractivity contribution < 1.29 is 14.3 Å². The number of amides is 1. The molecule has 0 radical (unpaired) electrons. The second-order valence-electron chi connectivity index (χ2n) is 6.70. The van der Waals surface area contributed by atoms with Crippen LogP contribution in [0.4, 0.5) is 0 Å². The SMILES string of the molecule is COCCCNC(=O)C(N)Cc1ccc(Oc2ccnc3[nH]cc(C)c23)cc1. The summed E-state index contributed by atoms with van der Waals surface area (Å²) in [5.41, 5.74) is 8.86. The van der Waals surface area contributed by atoms with Crippen molar-refractivity contribution in [2.45, 2.75) is 25.8 Å². The van der Waals surface area contributed by atoms with Crippen molar-refractivity contribution in [2.75, 3.05) is 20.3 Å². The number of rotatable bonds is 9. The molecule has 1 amide bonds. The summed E-state index contributed by atoms with van der Waals surface area (Å²) < 4.78 is 11.0. The molecule has 7 nitrogen and oxygen atoms in total. The third-order valence-electron chi connectivity index (χ3n) is 4.50. The highest BCUT2D eigenvalue weighted by Crippen LogP contribution is 2.30. The Balaban J connectivity index is 1.59. The Morgan fingerprint density at radius 3 is 2.82 bits per heavy atom. The number of benzene rings is 1. The van der Waals surface area contributed by atoms with Gasteiger partial charge in [-0.3, -0.25) is 4.79 Å². The molecule has 1 atom stereocenters. The summed E-state index contributed by atoms with van der Waals surface area (Å²) in [6.45, 7) is 3.19. The molecule has 148 valence electrons. The van der Waals surface area contributed by atoms with Gasteiger partial charge in [0.2, 0.25) is 5.91 Å². The van der Waals surface area contributed by atoms with Gasteiger partial charge >= 0.3 is 0 Å². The standard InChI is InChI=1S/C21H26N4O3/c1-14-13-25-20-19(14)18(8-10-23-20)28-16-6-4-15(5-7-16)12-17(22)21(26)24-9-3-11-27-2/h4-8,10,13,17H,3,9,11-12,22H2,1-2H3,(H,23,25)(H,24,26). The van der Waals surface area contributed by atoms with E-state index in [4.69, 9.17) is 15.2 Å². The second kappa shape index (κ2) is 9.34. The van der Waals surface area contributed by atoms with E-state index < -0.39 is 6.04 Å². The molecule has 2 heterocycles. The van der Waals surface area contributed by atoms with Crippen molar-refractivity contribution in [1.82, 2.24) is 15.3 Å². The fourth-order valence-electron chi connectivity index (χ4n) is 2.99. The molecule has 1 aromatic carbocycles. The first-order valence-electron chi connectivity index (χ1n) is 9.30. The van der Waals surface area contributed by atoms with Crippen LogP contribution in [-0.2, 0) is 16.0 Å². The number of nitrogens with zero attached hydrogens (tertiary/aromatic N) is 1. The minimum Gasteiger partial charge on any atom is -0.457 e. The Morgan fingerprint density at radius 2 is 2.07 bits per heavy atom. The number of carbonyl (C=O) groups excluding carboxylic acids is 1. The summed E-state index contributed by atoms with van der Waals surface area (Å²) in [5.74, 6) is 1.32. The van der Waals surface area contributed by atoms with Gasteiger partial charge in [0.05, 0.1) is 11.4 Å². The fourth-order valence-corrected chi connectivity index (χ4v) is 2.99. The van der Waals surface area contributed by atoms with Gasteiger partial charge in [-0.2, -0.15) is 0 Å². The number of aromatic amines is 1. The summed E-state index contributed by atoms with van der Waals surface area (Å²) in [6, 6.07) is 8.88. The molecule has 3 rings (SSSR count). The van der Waals surface area contributed by atoms with E-state index in [1.165, 1.54) is 0 Å². The number of methoxy groups -OCH3 is 1. The van der Waals surface area contributed by atoms with E-state index in [9.17, 15) is 4.79 Å². The monoisotopic (exact) mass is 382 g/mol. The number of aromatic nitrogens is 2. The van der Waals surface area contributed by atoms with E-state index >= 15 is 0 Å². The molecular weight excluding hydrogens is 356 g/mol. The van der Waals surface area contributed by atoms with Crippen molar-refractivity contribution in [3.8, 4) is 11.5 Å². The second-order valence-corrected chi connectivity index (χ2v) is 6.70. The molecular formula is C21H26N4O3. The van der Waals surface area contributed by atoms with Gasteiger partial charge in [-0.25, -0.2) is 4.98 Å². The lowest BCUT2D eigenvalue weighted by molar-refractivity contribution is -0.122. The molecule has 2 aromatic heterocycles. The molecule has 0 spiro atoms. The topological polar surface area (TPSA) is 102 Å². The van der Waals surface area contributed by atoms with E-state index in [2.05, 4.69) is 15.3 Å². The van der Waals surface area contributed by atoms with Crippen LogP contribution in [0.3, 0.4) is 0 Å². The van der Waals surface area contributed by atoms with Crippen LogP contribution in [0.1, 0.15) is 17.5 Å². The molecule has 0 saturated heterocycles. The van der Waals surface area contributed by atoms with Crippen molar-refractivity contribution in [3.05, 3.63) is 53.9 Å². The molecule has 0 aliphatic rings. The molecule has 0 aliphatic heterocycles. The molecule has 3 aromatic rings. The predicted octanol–water partition coefficient (Wildman–Crippen LogP) is 2.69. The van der Waals surface area contributed by atoms with Gasteiger partial charge in [-0.1, -0.05) is 12.1 Å². The highest BCUT2D eigenvalue weighted by Gasteiger charge is 2.14. The number of carbonyl (C=O) groups is 1. The van der Waals surface area contributed by atoms with E-state index in [0.29, 0.717) is 19.6 Å². The summed E-state index contributed by atoms with van der Waals surface area (Å²) in [5, 5.41) is 3.79. The Morgan fingerprint density at radius 1 is 1.29 bits per heavy atom. The lowest BCUT2D eigenvalue weighted by Crippen LogP contribution is -2.42. The maximum absolute atomic E-state index is 12.0. The Bertz CT molecular complexity index is 921. The quantitative estimate of drug-likeness (QED) is 0.494. The van der Waals surface area contributed by atoms with E-state index in [1.807, 2.05) is 43.5 Å². The van der Waals surface area contributed by atoms with Crippen molar-refractivity contribution in [2.24, 2.45) is 5.73 Å². The van der Waals surface area contributed by atoms with Gasteiger partial charge in [0.1, 0.15) is 17.1 Å². The Labute approximate surface area is 164 Å². The highest BCUT2D eigenvalue weighted by molar-refractivity contribution is 5.86. The third-order valence-corrected chi connectivity index (χ3v) is 4.50. The van der Waals surface area contributed by atoms with Crippen LogP contribution in [0.5, 0.6) is 11.5 Å². The highest BCUT2D eigenvalue weighted by atomic mass is 16.5. The molecule has 1 unspecified atom stereocenters. The number of pyridine rings is 1. The zero-order chi connectivity index (χ0) is 19.9. The van der Waals surface area contributed by atoms with Crippen LogP contribution >= 0.6 is 0 Å². The number of ether oxygens (including phenoxy) is 2. The normalized spacial score (nSPS) is 12.1. The molecule has 7 heteroatoms. The van der Waals surface area contributed by atoms with Crippen LogP contribution in [0.25, 0.3) is 11.0 Å². The molecule has 0 fully saturated rings. The number of aryl methyl sites for hydroxylation is 1. The van der Waals surface area contributed by atoms with Crippen LogP contribution in [0.15, 0.2) is 42.7 Å². The first kappa shape index (κ1) is 19.9. The lowest BCUT2D eigenvalue weighted by Gasteiger charge is -2.13. The summed E-state index contributed by atoms with van der Waals surface area (Å²) in [6.07, 6.45) is 4.86. The minimum absolute atomic E-state index is 0.154. The largest absolute Gasteiger partial charge is 0.457 e. The van der Waals surface area contributed by atoms with Gasteiger partial charge < -0.3 is 25.5 Å². The van der Waals surface area contributed by atoms with Gasteiger partial charge in [0.15, 0.2) is 0 Å². The van der Waals surface area contributed by atoms with Crippen molar-refractivity contribution in [1.29, 1.82) is 0 Å². The summed E-state index contributed by atoms with van der Waals surface area (Å²) in [4.78, 5) is 19.5. The maximum atomic E-state index is 12.0. The lowest BCUT2D eigenvalue weighted by atomic mass is 10.1. The van der Waals surface area contributed by atoms with Gasteiger partial charge in [0.25, 0.3) is 0 Å². The first-order chi connectivity index (χ1) is 13.6. The van der Waals surface area contributed by atoms with E-state index in [-0.39, 0.29) is 5.91 Å². The molecule has 28 heavy (non-hydrogen) atoms. The van der Waals surface area contributed by atoms with Crippen LogP contribution in [0, 0.1) is 6.92 Å². The maximum Gasteiger partial charge on any atom is 0.237 e. The van der Waals surface area contributed by atoms with Gasteiger partial charge in [-0.05, 0) is 49.1 Å². The van der Waals surface area contributed by atoms with Gasteiger partial charge in [-0.15, -0.1) is 0 Å². The van der Waals surface area contributed by atoms with Crippen molar-refractivity contribution >= 4 is 16.9 Å².